The summed E-state index contributed by atoms with van der Waals surface area (Å²) in [5, 5.41) is 16.2. The lowest BCUT2D eigenvalue weighted by atomic mass is 9.95. The zero-order valence-electron chi connectivity index (χ0n) is 17.6. The Morgan fingerprint density at radius 1 is 1.25 bits per heavy atom. The minimum absolute atomic E-state index is 0.201. The summed E-state index contributed by atoms with van der Waals surface area (Å²) in [6.45, 7) is 6.86. The number of hydrogen-bond donors (Lipinski definition) is 0. The van der Waals surface area contributed by atoms with E-state index in [1.54, 1.807) is 18.2 Å². The molecule has 0 aliphatic heterocycles. The lowest BCUT2D eigenvalue weighted by Gasteiger charge is -2.20. The first-order valence-electron chi connectivity index (χ1n) is 9.32. The topological polar surface area (TPSA) is 117 Å². The average Bonchev–Trinajstić information content (AvgIpc) is 2.68. The van der Waals surface area contributed by atoms with Gasteiger partial charge in [0.1, 0.15) is 5.82 Å². The van der Waals surface area contributed by atoms with E-state index in [-0.39, 0.29) is 15.8 Å². The smallest absolute Gasteiger partial charge is 0.313 e. The van der Waals surface area contributed by atoms with Gasteiger partial charge in [0, 0.05) is 28.4 Å². The van der Waals surface area contributed by atoms with Crippen molar-refractivity contribution in [2.75, 3.05) is 0 Å². The third-order valence-electron chi connectivity index (χ3n) is 4.29. The molecule has 0 saturated heterocycles. The van der Waals surface area contributed by atoms with Gasteiger partial charge in [-0.2, -0.15) is 9.78 Å². The molecule has 0 saturated carbocycles. The minimum atomic E-state index is -0.690. The number of hydrogen-bond acceptors (Lipinski definition) is 7. The molecule has 32 heavy (non-hydrogen) atoms. The van der Waals surface area contributed by atoms with E-state index in [1.807, 2.05) is 20.8 Å². The normalized spacial score (nSPS) is 11.8. The Kier molecular flexibility index (Phi) is 6.61. The fourth-order valence-electron chi connectivity index (χ4n) is 2.92. The van der Waals surface area contributed by atoms with E-state index >= 15 is 0 Å². The van der Waals surface area contributed by atoms with Gasteiger partial charge >= 0.3 is 11.7 Å². The van der Waals surface area contributed by atoms with Crippen LogP contribution < -0.4 is 10.3 Å². The van der Waals surface area contributed by atoms with Gasteiger partial charge in [-0.25, -0.2) is 4.98 Å². The van der Waals surface area contributed by atoms with Crippen LogP contribution in [-0.2, 0) is 10.2 Å². The van der Waals surface area contributed by atoms with E-state index in [1.165, 1.54) is 23.0 Å². The Labute approximate surface area is 199 Å². The molecule has 166 valence electrons. The highest BCUT2D eigenvalue weighted by atomic mass is 79.9. The number of benzene rings is 2. The van der Waals surface area contributed by atoms with Crippen molar-refractivity contribution in [1.82, 2.24) is 9.66 Å². The minimum Gasteiger partial charge on any atom is -0.418 e. The van der Waals surface area contributed by atoms with Crippen LogP contribution in [0.15, 0.2) is 49.2 Å². The fourth-order valence-corrected chi connectivity index (χ4v) is 3.83. The second-order valence-electron chi connectivity index (χ2n) is 7.91. The van der Waals surface area contributed by atoms with Crippen molar-refractivity contribution in [3.05, 3.63) is 71.1 Å². The standard InChI is InChI=1S/C21H18Br2N4O5/c1-11(28)32-18-15(23)7-12(8-17(18)27(30)31)10-24-26-19(29)14-9-13(22)5-6-16(14)25-20(26)21(2,3)4/h5-10H,1-4H3. The average molecular weight is 566 g/mol. The largest absolute Gasteiger partial charge is 0.418 e. The number of aromatic nitrogens is 2. The molecular formula is C21H18Br2N4O5. The maximum absolute atomic E-state index is 13.2. The van der Waals surface area contributed by atoms with Crippen LogP contribution in [0.1, 0.15) is 39.1 Å². The Morgan fingerprint density at radius 2 is 1.94 bits per heavy atom. The number of nitro groups is 1. The zero-order valence-corrected chi connectivity index (χ0v) is 20.7. The molecule has 0 spiro atoms. The monoisotopic (exact) mass is 564 g/mol. The van der Waals surface area contributed by atoms with Crippen molar-refractivity contribution in [1.29, 1.82) is 0 Å². The second kappa shape index (κ2) is 8.91. The van der Waals surface area contributed by atoms with E-state index in [9.17, 15) is 19.7 Å². The number of rotatable bonds is 4. The van der Waals surface area contributed by atoms with Crippen molar-refractivity contribution in [3.63, 3.8) is 0 Å². The summed E-state index contributed by atoms with van der Waals surface area (Å²) in [4.78, 5) is 39.9. The molecule has 0 unspecified atom stereocenters. The molecule has 0 fully saturated rings. The first-order chi connectivity index (χ1) is 14.9. The number of carbonyl (C=O) groups excluding carboxylic acids is 1. The summed E-state index contributed by atoms with van der Waals surface area (Å²) >= 11 is 6.55. The fraction of sp³-hybridized carbons (Fsp3) is 0.238. The Morgan fingerprint density at radius 3 is 2.53 bits per heavy atom. The summed E-state index contributed by atoms with van der Waals surface area (Å²) in [7, 11) is 0. The summed E-state index contributed by atoms with van der Waals surface area (Å²) in [5.41, 5.74) is -0.439. The van der Waals surface area contributed by atoms with Crippen LogP contribution in [0.3, 0.4) is 0 Å². The summed E-state index contributed by atoms with van der Waals surface area (Å²) < 4.78 is 7.07. The third-order valence-corrected chi connectivity index (χ3v) is 5.37. The third kappa shape index (κ3) is 4.94. The van der Waals surface area contributed by atoms with E-state index in [0.29, 0.717) is 22.3 Å². The molecule has 0 radical (unpaired) electrons. The van der Waals surface area contributed by atoms with Crippen LogP contribution in [0.2, 0.25) is 0 Å². The van der Waals surface area contributed by atoms with E-state index in [4.69, 9.17) is 4.74 Å². The predicted molar refractivity (Wildman–Crippen MR) is 128 cm³/mol. The molecule has 3 rings (SSSR count). The number of nitro benzene ring substituents is 1. The van der Waals surface area contributed by atoms with Gasteiger partial charge in [-0.05, 0) is 40.2 Å². The zero-order chi connectivity index (χ0) is 23.8. The molecule has 0 N–H and O–H groups in total. The molecule has 11 heteroatoms. The number of ether oxygens (including phenoxy) is 1. The molecule has 9 nitrogen and oxygen atoms in total. The van der Waals surface area contributed by atoms with Crippen molar-refractivity contribution in [2.24, 2.45) is 5.10 Å². The summed E-state index contributed by atoms with van der Waals surface area (Å²) in [6, 6.07) is 7.92. The number of carbonyl (C=O) groups is 1. The lowest BCUT2D eigenvalue weighted by Crippen LogP contribution is -2.29. The SMILES string of the molecule is CC(=O)Oc1c(Br)cc(C=Nn2c(C(C)(C)C)nc3ccc(Br)cc3c2=O)cc1[N+](=O)[O-]. The van der Waals surface area contributed by atoms with Gasteiger partial charge in [-0.3, -0.25) is 19.7 Å². The molecule has 0 aliphatic rings. The molecule has 0 atom stereocenters. The van der Waals surface area contributed by atoms with Crippen LogP contribution in [-0.4, -0.2) is 26.8 Å². The summed E-state index contributed by atoms with van der Waals surface area (Å²) in [6.07, 6.45) is 1.32. The summed E-state index contributed by atoms with van der Waals surface area (Å²) in [5.74, 6) is -0.465. The van der Waals surface area contributed by atoms with Gasteiger partial charge in [-0.1, -0.05) is 36.7 Å². The van der Waals surface area contributed by atoms with Gasteiger partial charge in [0.15, 0.2) is 0 Å². The van der Waals surface area contributed by atoms with Crippen molar-refractivity contribution in [3.8, 4) is 5.75 Å². The molecule has 0 aliphatic carbocycles. The molecule has 3 aromatic rings. The van der Waals surface area contributed by atoms with Crippen molar-refractivity contribution >= 4 is 60.6 Å². The number of fused-ring (bicyclic) bond motifs is 1. The Balaban J connectivity index is 2.20. The van der Waals surface area contributed by atoms with E-state index in [0.717, 1.165) is 11.4 Å². The molecule has 1 heterocycles. The van der Waals surface area contributed by atoms with Gasteiger partial charge in [0.05, 0.1) is 26.5 Å². The first kappa shape index (κ1) is 23.7. The first-order valence-corrected chi connectivity index (χ1v) is 10.9. The van der Waals surface area contributed by atoms with Gasteiger partial charge < -0.3 is 4.74 Å². The van der Waals surface area contributed by atoms with E-state index in [2.05, 4.69) is 41.9 Å². The van der Waals surface area contributed by atoms with Gasteiger partial charge in [0.2, 0.25) is 5.75 Å². The van der Waals surface area contributed by atoms with Gasteiger partial charge in [0.25, 0.3) is 5.56 Å². The van der Waals surface area contributed by atoms with Crippen LogP contribution in [0.4, 0.5) is 5.69 Å². The number of halogens is 2. The molecule has 1 aromatic heterocycles. The van der Waals surface area contributed by atoms with Crippen molar-refractivity contribution in [2.45, 2.75) is 33.1 Å². The highest BCUT2D eigenvalue weighted by molar-refractivity contribution is 9.10. The van der Waals surface area contributed by atoms with Crippen LogP contribution >= 0.6 is 31.9 Å². The highest BCUT2D eigenvalue weighted by Crippen LogP contribution is 2.36. The van der Waals surface area contributed by atoms with Crippen molar-refractivity contribution < 1.29 is 14.5 Å². The second-order valence-corrected chi connectivity index (χ2v) is 9.68. The quantitative estimate of drug-likeness (QED) is 0.145. The number of esters is 1. The van der Waals surface area contributed by atoms with Gasteiger partial charge in [-0.15, -0.1) is 0 Å². The maximum Gasteiger partial charge on any atom is 0.313 e. The molecule has 2 aromatic carbocycles. The Hall–Kier alpha value is -2.92. The lowest BCUT2D eigenvalue weighted by molar-refractivity contribution is -0.385. The van der Waals surface area contributed by atoms with E-state index < -0.39 is 22.0 Å². The molecule has 0 bridgehead atoms. The van der Waals surface area contributed by atoms with Crippen LogP contribution in [0.5, 0.6) is 5.75 Å². The molecular weight excluding hydrogens is 548 g/mol. The predicted octanol–water partition coefficient (Wildman–Crippen LogP) is 4.93. The Bertz CT molecular complexity index is 1340. The maximum atomic E-state index is 13.2. The highest BCUT2D eigenvalue weighted by Gasteiger charge is 2.24. The molecule has 0 amide bonds. The van der Waals surface area contributed by atoms with Crippen LogP contribution in [0.25, 0.3) is 10.9 Å². The van der Waals surface area contributed by atoms with Crippen LogP contribution in [0, 0.1) is 10.1 Å². The number of nitrogens with zero attached hydrogens (tertiary/aromatic N) is 4.